The molecule has 0 fully saturated rings. The molecule has 6 nitrogen and oxygen atoms in total. The summed E-state index contributed by atoms with van der Waals surface area (Å²) in [4.78, 5) is 17.6. The van der Waals surface area contributed by atoms with Gasteiger partial charge in [0.25, 0.3) is 0 Å². The molecule has 0 aliphatic carbocycles. The summed E-state index contributed by atoms with van der Waals surface area (Å²) in [5, 5.41) is 0. The van der Waals surface area contributed by atoms with E-state index in [1.165, 1.54) is 0 Å². The Morgan fingerprint density at radius 2 is 1.12 bits per heavy atom. The van der Waals surface area contributed by atoms with Gasteiger partial charge in [-0.15, -0.1) is 0 Å². The number of fused-ring (bicyclic) bond motifs is 1. The number of carbonyl (C=O) groups is 1. The molecule has 0 radical (unpaired) electrons. The topological polar surface area (TPSA) is 74.0 Å². The van der Waals surface area contributed by atoms with E-state index in [-0.39, 0.29) is 5.91 Å². The van der Waals surface area contributed by atoms with Gasteiger partial charge in [0, 0.05) is 17.2 Å². The Morgan fingerprint density at radius 3 is 1.62 bits per heavy atom. The fourth-order valence-corrected chi connectivity index (χ4v) is 7.17. The number of nitrogens with zero attached hydrogens (tertiary/aromatic N) is 1. The number of hydrogen-bond donors (Lipinski definition) is 1. The van der Waals surface area contributed by atoms with Gasteiger partial charge in [-0.05, 0) is 52.1 Å². The predicted octanol–water partition coefficient (Wildman–Crippen LogP) is 8.43. The zero-order valence-electron chi connectivity index (χ0n) is 27.1. The van der Waals surface area contributed by atoms with Crippen LogP contribution in [0, 0.1) is 0 Å². The summed E-state index contributed by atoms with van der Waals surface area (Å²) in [7, 11) is 4.85. The molecule has 0 aromatic heterocycles. The molecule has 0 spiro atoms. The first-order valence-corrected chi connectivity index (χ1v) is 15.8. The third-order valence-electron chi connectivity index (χ3n) is 9.28. The molecule has 0 bridgehead atoms. The minimum absolute atomic E-state index is 0.0559. The largest absolute Gasteiger partial charge is 0.497 e. The fraction of sp³-hybridized carbons (Fsp3) is 0.119. The molecule has 1 aliphatic rings. The molecule has 7 rings (SSSR count). The lowest BCUT2D eigenvalue weighted by molar-refractivity contribution is -0.119. The van der Waals surface area contributed by atoms with Crippen molar-refractivity contribution in [3.8, 4) is 28.4 Å². The van der Waals surface area contributed by atoms with E-state index in [1.54, 1.807) is 27.4 Å². The molecule has 0 saturated heterocycles. The van der Waals surface area contributed by atoms with E-state index < -0.39 is 11.5 Å². The van der Waals surface area contributed by atoms with Crippen molar-refractivity contribution in [3.05, 3.63) is 173 Å². The van der Waals surface area contributed by atoms with E-state index in [9.17, 15) is 0 Å². The minimum atomic E-state index is -1.02. The fourth-order valence-electron chi connectivity index (χ4n) is 7.17. The summed E-state index contributed by atoms with van der Waals surface area (Å²) in [5.74, 6) is 1.12. The van der Waals surface area contributed by atoms with E-state index in [0.29, 0.717) is 22.9 Å². The Morgan fingerprint density at radius 1 is 0.583 bits per heavy atom. The summed E-state index contributed by atoms with van der Waals surface area (Å²) in [6.07, 6.45) is 0. The SMILES string of the molecule is COc1ccc([C@H]2C(=O)N(C(c3ccccc3)(c3ccccc3)c3ccccc3)c3cccc(-c4cc(N)c(OC)cc4OC)c32)cc1. The van der Waals surface area contributed by atoms with Gasteiger partial charge in [-0.2, -0.15) is 0 Å². The molecule has 2 N–H and O–H groups in total. The maximum atomic E-state index is 15.6. The first-order valence-electron chi connectivity index (χ1n) is 15.8. The molecule has 6 heteroatoms. The van der Waals surface area contributed by atoms with Crippen molar-refractivity contribution in [2.75, 3.05) is 32.0 Å². The van der Waals surface area contributed by atoms with E-state index in [4.69, 9.17) is 19.9 Å². The second kappa shape index (κ2) is 12.6. The lowest BCUT2D eigenvalue weighted by atomic mass is 9.75. The number of hydrogen-bond acceptors (Lipinski definition) is 5. The van der Waals surface area contributed by atoms with Crippen LogP contribution in [-0.4, -0.2) is 27.2 Å². The quantitative estimate of drug-likeness (QED) is 0.128. The molecule has 0 unspecified atom stereocenters. The van der Waals surface area contributed by atoms with Crippen LogP contribution in [0.3, 0.4) is 0 Å². The Balaban J connectivity index is 1.60. The van der Waals surface area contributed by atoms with Gasteiger partial charge < -0.3 is 19.9 Å². The minimum Gasteiger partial charge on any atom is -0.497 e. The number of ether oxygens (including phenoxy) is 3. The third-order valence-corrected chi connectivity index (χ3v) is 9.28. The molecule has 1 atom stereocenters. The van der Waals surface area contributed by atoms with Crippen molar-refractivity contribution in [1.29, 1.82) is 0 Å². The summed E-state index contributed by atoms with van der Waals surface area (Å²) in [6.45, 7) is 0. The molecule has 6 aromatic rings. The van der Waals surface area contributed by atoms with Crippen LogP contribution >= 0.6 is 0 Å². The smallest absolute Gasteiger partial charge is 0.240 e. The van der Waals surface area contributed by atoms with Crippen molar-refractivity contribution in [2.45, 2.75) is 11.5 Å². The summed E-state index contributed by atoms with van der Waals surface area (Å²) in [6, 6.07) is 48.3. The average Bonchev–Trinajstić information content (AvgIpc) is 3.45. The maximum Gasteiger partial charge on any atom is 0.240 e. The molecule has 1 amide bonds. The van der Waals surface area contributed by atoms with Gasteiger partial charge in [0.2, 0.25) is 5.91 Å². The summed E-state index contributed by atoms with van der Waals surface area (Å²) >= 11 is 0. The molecule has 48 heavy (non-hydrogen) atoms. The van der Waals surface area contributed by atoms with E-state index in [0.717, 1.165) is 44.6 Å². The zero-order chi connectivity index (χ0) is 33.3. The van der Waals surface area contributed by atoms with Crippen LogP contribution < -0.4 is 24.8 Å². The summed E-state index contributed by atoms with van der Waals surface area (Å²) < 4.78 is 16.9. The highest BCUT2D eigenvalue weighted by Gasteiger charge is 2.52. The molecule has 1 heterocycles. The van der Waals surface area contributed by atoms with E-state index in [1.807, 2.05) is 108 Å². The Kier molecular flexibility index (Phi) is 8.07. The van der Waals surface area contributed by atoms with Crippen LogP contribution in [0.2, 0.25) is 0 Å². The van der Waals surface area contributed by atoms with Gasteiger partial charge in [-0.25, -0.2) is 0 Å². The van der Waals surface area contributed by atoms with Gasteiger partial charge in [-0.1, -0.05) is 115 Å². The molecule has 238 valence electrons. The first kappa shape index (κ1) is 30.6. The molecule has 1 aliphatic heterocycles. The Bertz CT molecular complexity index is 1970. The van der Waals surface area contributed by atoms with E-state index >= 15 is 4.79 Å². The average molecular weight is 633 g/mol. The van der Waals surface area contributed by atoms with Gasteiger partial charge in [-0.3, -0.25) is 9.69 Å². The highest BCUT2D eigenvalue weighted by atomic mass is 16.5. The number of amides is 1. The highest BCUT2D eigenvalue weighted by Crippen LogP contribution is 2.55. The Labute approximate surface area is 281 Å². The van der Waals surface area contributed by atoms with Gasteiger partial charge >= 0.3 is 0 Å². The van der Waals surface area contributed by atoms with Crippen molar-refractivity contribution in [3.63, 3.8) is 0 Å². The number of methoxy groups -OCH3 is 3. The molecule has 6 aromatic carbocycles. The maximum absolute atomic E-state index is 15.6. The molecule has 0 saturated carbocycles. The lowest BCUT2D eigenvalue weighted by Crippen LogP contribution is -2.50. The third kappa shape index (κ3) is 4.85. The second-order valence-electron chi connectivity index (χ2n) is 11.7. The lowest BCUT2D eigenvalue weighted by Gasteiger charge is -2.44. The van der Waals surface area contributed by atoms with Crippen molar-refractivity contribution in [1.82, 2.24) is 0 Å². The van der Waals surface area contributed by atoms with Gasteiger partial charge in [0.1, 0.15) is 22.8 Å². The standard InChI is InChI=1S/C42H36N2O4/c1-46-32-24-22-28(23-25-32)39-40-33(34-26-35(43)38(48-3)27-37(34)47-2)20-13-21-36(40)44(41(39)45)42(29-14-7-4-8-15-29,30-16-9-5-10-17-30)31-18-11-6-12-19-31/h4-27,39H,43H2,1-3H3/t39-/m1/s1. The number of nitrogen functional groups attached to an aromatic ring is 1. The number of carbonyl (C=O) groups excluding carboxylic acids is 1. The van der Waals surface area contributed by atoms with Crippen LogP contribution in [-0.2, 0) is 10.3 Å². The number of benzene rings is 6. The van der Waals surface area contributed by atoms with Crippen LogP contribution in [0.1, 0.15) is 33.7 Å². The first-order chi connectivity index (χ1) is 23.5. The predicted molar refractivity (Wildman–Crippen MR) is 191 cm³/mol. The van der Waals surface area contributed by atoms with Crippen LogP contribution in [0.15, 0.2) is 146 Å². The molecular weight excluding hydrogens is 596 g/mol. The van der Waals surface area contributed by atoms with Crippen LogP contribution in [0.25, 0.3) is 11.1 Å². The number of anilines is 2. The number of rotatable bonds is 9. The second-order valence-corrected chi connectivity index (χ2v) is 11.7. The van der Waals surface area contributed by atoms with Crippen molar-refractivity contribution in [2.24, 2.45) is 0 Å². The Hall–Kier alpha value is -6.01. The molecular formula is C42H36N2O4. The highest BCUT2D eigenvalue weighted by molar-refractivity contribution is 6.11. The van der Waals surface area contributed by atoms with Crippen LogP contribution in [0.5, 0.6) is 17.2 Å². The van der Waals surface area contributed by atoms with Crippen molar-refractivity contribution >= 4 is 17.3 Å². The van der Waals surface area contributed by atoms with Crippen LogP contribution in [0.4, 0.5) is 11.4 Å². The summed E-state index contributed by atoms with van der Waals surface area (Å²) in [5.41, 5.74) is 13.0. The monoisotopic (exact) mass is 632 g/mol. The van der Waals surface area contributed by atoms with Gasteiger partial charge in [0.15, 0.2) is 0 Å². The number of nitrogens with two attached hydrogens (primary N) is 1. The van der Waals surface area contributed by atoms with Gasteiger partial charge in [0.05, 0.1) is 38.6 Å². The zero-order valence-corrected chi connectivity index (χ0v) is 27.1. The normalized spacial score (nSPS) is 14.0. The van der Waals surface area contributed by atoms with Crippen molar-refractivity contribution < 1.29 is 19.0 Å². The van der Waals surface area contributed by atoms with E-state index in [2.05, 4.69) is 36.4 Å².